The number of guanidine groups is 1. The normalized spacial score (nSPS) is 21.5. The Morgan fingerprint density at radius 1 is 1.27 bits per heavy atom. The third kappa shape index (κ3) is 5.99. The van der Waals surface area contributed by atoms with Gasteiger partial charge in [0.05, 0.1) is 0 Å². The molecule has 1 saturated heterocycles. The van der Waals surface area contributed by atoms with E-state index >= 15 is 0 Å². The zero-order chi connectivity index (χ0) is 17.8. The largest absolute Gasteiger partial charge is 0.369 e. The summed E-state index contributed by atoms with van der Waals surface area (Å²) in [6, 6.07) is 9.61. The second kappa shape index (κ2) is 10.1. The van der Waals surface area contributed by atoms with Crippen molar-refractivity contribution in [2.45, 2.75) is 31.3 Å². The summed E-state index contributed by atoms with van der Waals surface area (Å²) in [6.07, 6.45) is 3.86. The Morgan fingerprint density at radius 2 is 1.96 bits per heavy atom. The summed E-state index contributed by atoms with van der Waals surface area (Å²) in [5, 5.41) is 7.13. The number of nitrogens with zero attached hydrogens (tertiary/aromatic N) is 3. The molecule has 1 aliphatic carbocycles. The number of anilines is 1. The molecule has 2 fully saturated rings. The fourth-order valence-electron chi connectivity index (χ4n) is 3.61. The van der Waals surface area contributed by atoms with Crippen LogP contribution in [0.4, 0.5) is 5.69 Å². The quantitative estimate of drug-likeness (QED) is 0.333. The lowest BCUT2D eigenvalue weighted by Crippen LogP contribution is -2.49. The van der Waals surface area contributed by atoms with E-state index in [9.17, 15) is 0 Å². The summed E-state index contributed by atoms with van der Waals surface area (Å²) in [4.78, 5) is 9.19. The van der Waals surface area contributed by atoms with Gasteiger partial charge in [-0.25, -0.2) is 0 Å². The molecule has 2 unspecified atom stereocenters. The van der Waals surface area contributed by atoms with Gasteiger partial charge in [0.15, 0.2) is 5.96 Å². The molecular formula is C19H31BrIN5. The minimum Gasteiger partial charge on any atom is -0.369 e. The number of hydrogen-bond acceptors (Lipinski definition) is 3. The summed E-state index contributed by atoms with van der Waals surface area (Å²) < 4.78 is 1.13. The van der Waals surface area contributed by atoms with Crippen LogP contribution in [0.2, 0.25) is 0 Å². The maximum absolute atomic E-state index is 4.42. The molecular weight excluding hydrogens is 505 g/mol. The van der Waals surface area contributed by atoms with Gasteiger partial charge in [-0.2, -0.15) is 0 Å². The molecule has 0 spiro atoms. The van der Waals surface area contributed by atoms with Crippen molar-refractivity contribution >= 4 is 51.6 Å². The second-order valence-electron chi connectivity index (χ2n) is 7.37. The first-order valence-corrected chi connectivity index (χ1v) is 10.00. The molecule has 0 amide bonds. The number of aliphatic imine (C=N–C) groups is 1. The Morgan fingerprint density at radius 3 is 2.54 bits per heavy atom. The number of hydrogen-bond donors (Lipinski definition) is 2. The van der Waals surface area contributed by atoms with Crippen LogP contribution in [0.1, 0.15) is 19.3 Å². The summed E-state index contributed by atoms with van der Waals surface area (Å²) in [5.41, 5.74) is 1.29. The minimum atomic E-state index is 0. The van der Waals surface area contributed by atoms with E-state index < -0.39 is 0 Å². The smallest absolute Gasteiger partial charge is 0.191 e. The predicted octanol–water partition coefficient (Wildman–Crippen LogP) is 3.15. The molecule has 2 N–H and O–H groups in total. The molecule has 1 aromatic carbocycles. The molecule has 1 saturated carbocycles. The van der Waals surface area contributed by atoms with E-state index in [1.54, 1.807) is 0 Å². The summed E-state index contributed by atoms with van der Waals surface area (Å²) in [5.74, 6) is 1.77. The zero-order valence-corrected chi connectivity index (χ0v) is 19.8. The van der Waals surface area contributed by atoms with Gasteiger partial charge in [-0.15, -0.1) is 24.0 Å². The van der Waals surface area contributed by atoms with Crippen molar-refractivity contribution in [1.82, 2.24) is 15.5 Å². The van der Waals surface area contributed by atoms with Crippen LogP contribution in [0, 0.1) is 5.92 Å². The number of benzene rings is 1. The first-order chi connectivity index (χ1) is 12.1. The molecule has 7 heteroatoms. The van der Waals surface area contributed by atoms with Gasteiger partial charge in [-0.05, 0) is 63.5 Å². The average molecular weight is 536 g/mol. The van der Waals surface area contributed by atoms with Crippen LogP contribution in [0.25, 0.3) is 0 Å². The van der Waals surface area contributed by atoms with Crippen molar-refractivity contribution in [3.8, 4) is 0 Å². The number of rotatable bonds is 6. The fourth-order valence-corrected chi connectivity index (χ4v) is 3.87. The van der Waals surface area contributed by atoms with E-state index in [0.29, 0.717) is 12.1 Å². The first-order valence-electron chi connectivity index (χ1n) is 9.21. The Labute approximate surface area is 183 Å². The van der Waals surface area contributed by atoms with Crippen LogP contribution >= 0.6 is 39.9 Å². The summed E-state index contributed by atoms with van der Waals surface area (Å²) in [6.45, 7) is 3.06. The van der Waals surface area contributed by atoms with Gasteiger partial charge in [-0.1, -0.05) is 15.9 Å². The monoisotopic (exact) mass is 535 g/mol. The van der Waals surface area contributed by atoms with E-state index in [4.69, 9.17) is 0 Å². The van der Waals surface area contributed by atoms with Crippen LogP contribution in [-0.2, 0) is 0 Å². The molecule has 26 heavy (non-hydrogen) atoms. The first kappa shape index (κ1) is 21.8. The number of halogens is 2. The Balaban J connectivity index is 0.00000243. The Kier molecular flexibility index (Phi) is 8.47. The van der Waals surface area contributed by atoms with Gasteiger partial charge in [-0.3, -0.25) is 4.99 Å². The lowest BCUT2D eigenvalue weighted by Gasteiger charge is -2.26. The van der Waals surface area contributed by atoms with Gasteiger partial charge < -0.3 is 20.4 Å². The summed E-state index contributed by atoms with van der Waals surface area (Å²) >= 11 is 3.50. The maximum Gasteiger partial charge on any atom is 0.191 e. The topological polar surface area (TPSA) is 42.9 Å². The average Bonchev–Trinajstić information content (AvgIpc) is 3.32. The number of likely N-dealkylation sites (N-methyl/N-ethyl adjacent to an activating group) is 1. The SMILES string of the molecule is CN=C(NCC(C1CC1)N(C)C)NC1CCN(c2ccc(Br)cc2)C1.I. The number of nitrogens with one attached hydrogen (secondary N) is 2. The molecule has 0 bridgehead atoms. The van der Waals surface area contributed by atoms with Crippen LogP contribution < -0.4 is 15.5 Å². The highest BCUT2D eigenvalue weighted by Crippen LogP contribution is 2.34. The molecule has 3 rings (SSSR count). The van der Waals surface area contributed by atoms with Crippen molar-refractivity contribution in [2.75, 3.05) is 45.7 Å². The van der Waals surface area contributed by atoms with Crippen LogP contribution in [0.15, 0.2) is 33.7 Å². The summed E-state index contributed by atoms with van der Waals surface area (Å²) in [7, 11) is 6.21. The van der Waals surface area contributed by atoms with Gasteiger partial charge in [0.1, 0.15) is 0 Å². The molecule has 1 aromatic rings. The van der Waals surface area contributed by atoms with Crippen LogP contribution in [0.5, 0.6) is 0 Å². The molecule has 1 aliphatic heterocycles. The van der Waals surface area contributed by atoms with Crippen molar-refractivity contribution < 1.29 is 0 Å². The third-order valence-corrected chi connectivity index (χ3v) is 5.78. The third-order valence-electron chi connectivity index (χ3n) is 5.25. The lowest BCUT2D eigenvalue weighted by molar-refractivity contribution is 0.264. The molecule has 146 valence electrons. The zero-order valence-electron chi connectivity index (χ0n) is 15.9. The van der Waals surface area contributed by atoms with Crippen molar-refractivity contribution in [3.63, 3.8) is 0 Å². The minimum absolute atomic E-state index is 0. The standard InChI is InChI=1S/C19H30BrN5.HI/c1-21-19(22-12-18(24(2)3)14-4-5-14)23-16-10-11-25(13-16)17-8-6-15(20)7-9-17;/h6-9,14,16,18H,4-5,10-13H2,1-3H3,(H2,21,22,23);1H. The van der Waals surface area contributed by atoms with Gasteiger partial charge in [0, 0.05) is 48.9 Å². The molecule has 2 atom stereocenters. The molecule has 1 heterocycles. The molecule has 0 aromatic heterocycles. The van der Waals surface area contributed by atoms with E-state index in [2.05, 4.69) is 79.7 Å². The predicted molar refractivity (Wildman–Crippen MR) is 125 cm³/mol. The van der Waals surface area contributed by atoms with E-state index in [0.717, 1.165) is 42.4 Å². The Hall–Kier alpha value is -0.540. The molecule has 2 aliphatic rings. The maximum atomic E-state index is 4.42. The van der Waals surface area contributed by atoms with Crippen molar-refractivity contribution in [1.29, 1.82) is 0 Å². The van der Waals surface area contributed by atoms with Crippen LogP contribution in [0.3, 0.4) is 0 Å². The van der Waals surface area contributed by atoms with Gasteiger partial charge in [0.25, 0.3) is 0 Å². The highest BCUT2D eigenvalue weighted by atomic mass is 127. The van der Waals surface area contributed by atoms with Gasteiger partial charge >= 0.3 is 0 Å². The fraction of sp³-hybridized carbons (Fsp3) is 0.632. The van der Waals surface area contributed by atoms with Crippen molar-refractivity contribution in [3.05, 3.63) is 28.7 Å². The van der Waals surface area contributed by atoms with Crippen molar-refractivity contribution in [2.24, 2.45) is 10.9 Å². The molecule has 5 nitrogen and oxygen atoms in total. The van der Waals surface area contributed by atoms with Gasteiger partial charge in [0.2, 0.25) is 0 Å². The van der Waals surface area contributed by atoms with E-state index in [-0.39, 0.29) is 24.0 Å². The highest BCUT2D eigenvalue weighted by Gasteiger charge is 2.32. The second-order valence-corrected chi connectivity index (χ2v) is 8.29. The van der Waals surface area contributed by atoms with E-state index in [1.807, 2.05) is 7.05 Å². The van der Waals surface area contributed by atoms with Crippen LogP contribution in [-0.4, -0.2) is 63.7 Å². The highest BCUT2D eigenvalue weighted by molar-refractivity contribution is 14.0. The van der Waals surface area contributed by atoms with E-state index in [1.165, 1.54) is 18.5 Å². The molecule has 0 radical (unpaired) electrons. The Bertz CT molecular complexity index is 586. The lowest BCUT2D eigenvalue weighted by atomic mass is 10.1.